The second-order valence-electron chi connectivity index (χ2n) is 9.59. The maximum Gasteiger partial charge on any atom is 0.0889 e. The lowest BCUT2D eigenvalue weighted by molar-refractivity contribution is 0.228. The van der Waals surface area contributed by atoms with Gasteiger partial charge in [-0.25, -0.2) is 15.0 Å². The van der Waals surface area contributed by atoms with Gasteiger partial charge in [0.05, 0.1) is 47.1 Å². The normalized spacial score (nSPS) is 24.4. The standard InChI is InChI=1S/C30H32N4O2/c1-7-19-10-20-11-29-21(8-2)17(4)25(33-29)12-24-16(3)9-28(32-24)23(15-36-6)30-22(14-35)18(5)26(34-30)13-27(19)31-20/h8,10-14,16,32,35H,2,7,9,15H2,1,3-6H3/b22-14+,24-12?,27-13?,28-23?,29-11?. The van der Waals surface area contributed by atoms with Crippen LogP contribution >= 0.6 is 0 Å². The molecule has 1 atom stereocenters. The van der Waals surface area contributed by atoms with E-state index in [0.29, 0.717) is 12.2 Å². The fourth-order valence-electron chi connectivity index (χ4n) is 5.20. The van der Waals surface area contributed by atoms with Gasteiger partial charge in [-0.2, -0.15) is 0 Å². The van der Waals surface area contributed by atoms with E-state index < -0.39 is 0 Å². The topological polar surface area (TPSA) is 78.6 Å². The number of ether oxygens (including phenoxy) is 1. The quantitative estimate of drug-likeness (QED) is 0.477. The van der Waals surface area contributed by atoms with Gasteiger partial charge in [0.15, 0.2) is 0 Å². The number of fused-ring (bicyclic) bond motifs is 5. The van der Waals surface area contributed by atoms with Gasteiger partial charge in [0.25, 0.3) is 0 Å². The number of nitrogens with one attached hydrogen (secondary N) is 1. The number of hydrogen-bond acceptors (Lipinski definition) is 6. The molecule has 6 heteroatoms. The third-order valence-electron chi connectivity index (χ3n) is 7.32. The first-order valence-corrected chi connectivity index (χ1v) is 12.4. The maximum absolute atomic E-state index is 10.2. The molecule has 184 valence electrons. The van der Waals surface area contributed by atoms with Crippen LogP contribution in [0.15, 0.2) is 120 Å². The van der Waals surface area contributed by atoms with Crippen molar-refractivity contribution in [3.63, 3.8) is 0 Å². The molecular weight excluding hydrogens is 448 g/mol. The molecule has 1 saturated heterocycles. The second-order valence-corrected chi connectivity index (χ2v) is 9.59. The molecule has 2 N–H and O–H groups in total. The number of nitrogens with zero attached hydrogens (tertiary/aromatic N) is 3. The number of aliphatic hydroxyl groups is 1. The van der Waals surface area contributed by atoms with Crippen molar-refractivity contribution in [2.24, 2.45) is 20.9 Å². The second kappa shape index (κ2) is 9.36. The summed E-state index contributed by atoms with van der Waals surface area (Å²) < 4.78 is 5.61. The van der Waals surface area contributed by atoms with Crippen LogP contribution in [0.3, 0.4) is 0 Å². The van der Waals surface area contributed by atoms with Crippen LogP contribution in [0, 0.1) is 5.92 Å². The minimum absolute atomic E-state index is 0.271. The highest BCUT2D eigenvalue weighted by Gasteiger charge is 2.31. The first-order chi connectivity index (χ1) is 17.4. The molecule has 0 aromatic carbocycles. The Morgan fingerprint density at radius 3 is 2.61 bits per heavy atom. The van der Waals surface area contributed by atoms with E-state index >= 15 is 0 Å². The first kappa shape index (κ1) is 23.9. The lowest BCUT2D eigenvalue weighted by Gasteiger charge is -2.13. The average molecular weight is 481 g/mol. The van der Waals surface area contributed by atoms with Gasteiger partial charge < -0.3 is 15.2 Å². The molecule has 8 bridgehead atoms. The van der Waals surface area contributed by atoms with Crippen molar-refractivity contribution in [3.05, 3.63) is 105 Å². The summed E-state index contributed by atoms with van der Waals surface area (Å²) >= 11 is 0. The summed E-state index contributed by atoms with van der Waals surface area (Å²) in [6.07, 6.45) is 13.0. The van der Waals surface area contributed by atoms with Crippen LogP contribution in [0.4, 0.5) is 0 Å². The molecule has 5 heterocycles. The summed E-state index contributed by atoms with van der Waals surface area (Å²) in [4.78, 5) is 14.9. The van der Waals surface area contributed by atoms with Crippen LogP contribution in [0.1, 0.15) is 40.5 Å². The molecule has 5 rings (SSSR count). The molecule has 5 aliphatic rings. The predicted molar refractivity (Wildman–Crippen MR) is 147 cm³/mol. The van der Waals surface area contributed by atoms with Crippen molar-refractivity contribution in [2.75, 3.05) is 13.7 Å². The van der Waals surface area contributed by atoms with Gasteiger partial charge in [-0.3, -0.25) is 0 Å². The highest BCUT2D eigenvalue weighted by Crippen LogP contribution is 2.37. The van der Waals surface area contributed by atoms with Gasteiger partial charge in [-0.05, 0) is 67.7 Å². The Morgan fingerprint density at radius 1 is 1.11 bits per heavy atom. The lowest BCUT2D eigenvalue weighted by Crippen LogP contribution is -2.17. The molecule has 5 aliphatic heterocycles. The van der Waals surface area contributed by atoms with Gasteiger partial charge in [0, 0.05) is 41.1 Å². The van der Waals surface area contributed by atoms with E-state index in [4.69, 9.17) is 19.7 Å². The molecule has 0 aromatic rings. The summed E-state index contributed by atoms with van der Waals surface area (Å²) in [7, 11) is 1.68. The minimum Gasteiger partial charge on any atom is -0.515 e. The highest BCUT2D eigenvalue weighted by molar-refractivity contribution is 6.18. The molecule has 0 aromatic heterocycles. The third-order valence-corrected chi connectivity index (χ3v) is 7.32. The summed E-state index contributed by atoms with van der Waals surface area (Å²) in [5.74, 6) is 0.271. The zero-order chi connectivity index (χ0) is 25.6. The molecule has 0 radical (unpaired) electrons. The number of aliphatic imine (C=N–C) groups is 3. The van der Waals surface area contributed by atoms with E-state index in [1.165, 1.54) is 0 Å². The zero-order valence-corrected chi connectivity index (χ0v) is 21.6. The van der Waals surface area contributed by atoms with Crippen molar-refractivity contribution in [3.8, 4) is 0 Å². The Kier molecular flexibility index (Phi) is 6.22. The van der Waals surface area contributed by atoms with E-state index in [1.54, 1.807) is 7.11 Å². The Hall–Kier alpha value is -3.77. The Bertz CT molecular complexity index is 1410. The van der Waals surface area contributed by atoms with Crippen LogP contribution in [-0.2, 0) is 4.74 Å². The van der Waals surface area contributed by atoms with Gasteiger partial charge in [-0.15, -0.1) is 0 Å². The van der Waals surface area contributed by atoms with Gasteiger partial charge >= 0.3 is 0 Å². The smallest absolute Gasteiger partial charge is 0.0889 e. The molecule has 0 saturated carbocycles. The van der Waals surface area contributed by atoms with Crippen molar-refractivity contribution in [2.45, 2.75) is 40.5 Å². The van der Waals surface area contributed by atoms with E-state index in [1.807, 2.05) is 25.2 Å². The molecule has 0 spiro atoms. The van der Waals surface area contributed by atoms with Crippen LogP contribution in [0.5, 0.6) is 0 Å². The minimum atomic E-state index is 0.271. The fraction of sp³-hybridized carbons (Fsp3) is 0.300. The molecular formula is C30H32N4O2. The molecule has 1 unspecified atom stereocenters. The maximum atomic E-state index is 10.2. The van der Waals surface area contributed by atoms with Crippen LogP contribution in [0.2, 0.25) is 0 Å². The third kappa shape index (κ3) is 3.91. The van der Waals surface area contributed by atoms with Crippen molar-refractivity contribution in [1.82, 2.24) is 5.32 Å². The summed E-state index contributed by atoms with van der Waals surface area (Å²) in [6.45, 7) is 12.8. The van der Waals surface area contributed by atoms with E-state index in [9.17, 15) is 5.11 Å². The molecule has 36 heavy (non-hydrogen) atoms. The molecule has 1 fully saturated rings. The number of rotatable bonds is 4. The Morgan fingerprint density at radius 2 is 1.92 bits per heavy atom. The SMILES string of the molecule is C=CC1=C(C)C2=NC1=CC1=NC(=CC3=C(C)/C(=C\O)C(=N3)C(COC)=C3CC(C)C(=C2)N3)C(CC)=C1. The molecule has 6 nitrogen and oxygen atoms in total. The average Bonchev–Trinajstić information content (AvgIpc) is 3.58. The van der Waals surface area contributed by atoms with Crippen molar-refractivity contribution in [1.29, 1.82) is 0 Å². The molecule has 0 amide bonds. The van der Waals surface area contributed by atoms with Crippen LogP contribution in [0.25, 0.3) is 0 Å². The van der Waals surface area contributed by atoms with Crippen molar-refractivity contribution >= 4 is 17.1 Å². The first-order valence-electron chi connectivity index (χ1n) is 12.4. The van der Waals surface area contributed by atoms with E-state index in [2.05, 4.69) is 44.8 Å². The van der Waals surface area contributed by atoms with E-state index in [0.717, 1.165) is 92.6 Å². The van der Waals surface area contributed by atoms with Crippen LogP contribution in [-0.4, -0.2) is 36.0 Å². The lowest BCUT2D eigenvalue weighted by atomic mass is 9.96. The monoisotopic (exact) mass is 480 g/mol. The zero-order valence-electron chi connectivity index (χ0n) is 21.6. The van der Waals surface area contributed by atoms with Gasteiger partial charge in [0.2, 0.25) is 0 Å². The van der Waals surface area contributed by atoms with Crippen molar-refractivity contribution < 1.29 is 9.84 Å². The number of aliphatic hydroxyl groups excluding tert-OH is 1. The number of allylic oxidation sites excluding steroid dienone is 11. The largest absolute Gasteiger partial charge is 0.515 e. The summed E-state index contributed by atoms with van der Waals surface area (Å²) in [5.41, 5.74) is 13.1. The van der Waals surface area contributed by atoms with Gasteiger partial charge in [0.1, 0.15) is 0 Å². The number of hydrogen-bond donors (Lipinski definition) is 2. The van der Waals surface area contributed by atoms with Gasteiger partial charge in [-0.1, -0.05) is 26.5 Å². The Balaban J connectivity index is 1.78. The summed E-state index contributed by atoms with van der Waals surface area (Å²) in [5, 5.41) is 13.8. The fourth-order valence-corrected chi connectivity index (χ4v) is 5.20. The van der Waals surface area contributed by atoms with E-state index in [-0.39, 0.29) is 5.92 Å². The van der Waals surface area contributed by atoms with Crippen LogP contribution < -0.4 is 5.32 Å². The molecule has 0 aliphatic carbocycles. The Labute approximate surface area is 212 Å². The highest BCUT2D eigenvalue weighted by atomic mass is 16.5. The number of methoxy groups -OCH3 is 1. The summed E-state index contributed by atoms with van der Waals surface area (Å²) in [6, 6.07) is 0. The predicted octanol–water partition coefficient (Wildman–Crippen LogP) is 6.10.